The van der Waals surface area contributed by atoms with Crippen LogP contribution in [0.2, 0.25) is 5.15 Å². The van der Waals surface area contributed by atoms with Gasteiger partial charge in [0.25, 0.3) is 5.89 Å². The lowest BCUT2D eigenvalue weighted by atomic mass is 10.1. The average Bonchev–Trinajstić information content (AvgIpc) is 3.12. The first-order chi connectivity index (χ1) is 12.2. The minimum atomic E-state index is -0.418. The molecule has 0 N–H and O–H groups in total. The number of rotatable bonds is 7. The monoisotopic (exact) mass is 359 g/mol. The molecule has 0 aliphatic rings. The predicted molar refractivity (Wildman–Crippen MR) is 92.5 cm³/mol. The molecule has 0 spiro atoms. The molecule has 1 aromatic carbocycles. The SMILES string of the molecule is COC(Cc1ccccc1)c1noc([C@H](C)Oc2ccc(Cl)nc2)n1. The molecule has 0 aliphatic heterocycles. The third-order valence-electron chi connectivity index (χ3n) is 3.65. The predicted octanol–water partition coefficient (Wildman–Crippen LogP) is 4.19. The highest BCUT2D eigenvalue weighted by atomic mass is 35.5. The molecule has 0 saturated heterocycles. The lowest BCUT2D eigenvalue weighted by Gasteiger charge is -2.11. The number of hydrogen-bond donors (Lipinski definition) is 0. The van der Waals surface area contributed by atoms with Gasteiger partial charge in [-0.05, 0) is 24.6 Å². The van der Waals surface area contributed by atoms with E-state index in [9.17, 15) is 0 Å². The third-order valence-corrected chi connectivity index (χ3v) is 3.88. The number of hydrogen-bond acceptors (Lipinski definition) is 6. The van der Waals surface area contributed by atoms with E-state index in [0.29, 0.717) is 29.0 Å². The quantitative estimate of drug-likeness (QED) is 0.589. The molecule has 2 heterocycles. The summed E-state index contributed by atoms with van der Waals surface area (Å²) in [4.78, 5) is 8.39. The van der Waals surface area contributed by atoms with E-state index in [1.165, 1.54) is 0 Å². The largest absolute Gasteiger partial charge is 0.479 e. The zero-order valence-corrected chi connectivity index (χ0v) is 14.7. The molecule has 2 atom stereocenters. The van der Waals surface area contributed by atoms with Gasteiger partial charge >= 0.3 is 0 Å². The van der Waals surface area contributed by atoms with Crippen molar-refractivity contribution in [1.29, 1.82) is 0 Å². The van der Waals surface area contributed by atoms with Gasteiger partial charge in [0.15, 0.2) is 6.10 Å². The van der Waals surface area contributed by atoms with Gasteiger partial charge in [-0.3, -0.25) is 0 Å². The molecule has 25 heavy (non-hydrogen) atoms. The summed E-state index contributed by atoms with van der Waals surface area (Å²) in [6.45, 7) is 1.82. The van der Waals surface area contributed by atoms with Crippen molar-refractivity contribution in [2.75, 3.05) is 7.11 Å². The highest BCUT2D eigenvalue weighted by Crippen LogP contribution is 2.24. The van der Waals surface area contributed by atoms with Crippen LogP contribution in [-0.2, 0) is 11.2 Å². The van der Waals surface area contributed by atoms with Crippen molar-refractivity contribution in [3.05, 3.63) is 71.1 Å². The minimum Gasteiger partial charge on any atom is -0.479 e. The zero-order chi connectivity index (χ0) is 17.6. The highest BCUT2D eigenvalue weighted by molar-refractivity contribution is 6.29. The Morgan fingerprint density at radius 3 is 2.64 bits per heavy atom. The van der Waals surface area contributed by atoms with Gasteiger partial charge in [-0.25, -0.2) is 4.98 Å². The Balaban J connectivity index is 1.68. The lowest BCUT2D eigenvalue weighted by molar-refractivity contribution is 0.0937. The van der Waals surface area contributed by atoms with Crippen LogP contribution in [0, 0.1) is 0 Å². The summed E-state index contributed by atoms with van der Waals surface area (Å²) in [5.74, 6) is 1.44. The number of aromatic nitrogens is 3. The number of ether oxygens (including phenoxy) is 2. The van der Waals surface area contributed by atoms with Crippen LogP contribution < -0.4 is 4.74 Å². The summed E-state index contributed by atoms with van der Waals surface area (Å²) in [6, 6.07) is 13.4. The number of halogens is 1. The maximum absolute atomic E-state index is 5.76. The summed E-state index contributed by atoms with van der Waals surface area (Å²) in [6.07, 6.45) is 1.50. The molecule has 0 aliphatic carbocycles. The van der Waals surface area contributed by atoms with Crippen molar-refractivity contribution in [1.82, 2.24) is 15.1 Å². The van der Waals surface area contributed by atoms with Crippen molar-refractivity contribution < 1.29 is 14.0 Å². The van der Waals surface area contributed by atoms with Crippen LogP contribution in [0.5, 0.6) is 5.75 Å². The van der Waals surface area contributed by atoms with Crippen LogP contribution in [0.4, 0.5) is 0 Å². The summed E-state index contributed by atoms with van der Waals surface area (Å²) in [7, 11) is 1.63. The fraction of sp³-hybridized carbons (Fsp3) is 0.278. The van der Waals surface area contributed by atoms with Gasteiger partial charge in [0.2, 0.25) is 5.82 Å². The second-order valence-corrected chi connectivity index (χ2v) is 5.87. The van der Waals surface area contributed by atoms with Crippen LogP contribution in [-0.4, -0.2) is 22.2 Å². The molecule has 7 heteroatoms. The number of nitrogens with zero attached hydrogens (tertiary/aromatic N) is 3. The second kappa shape index (κ2) is 8.09. The molecule has 3 rings (SSSR count). The Bertz CT molecular complexity index is 793. The Morgan fingerprint density at radius 2 is 1.96 bits per heavy atom. The Labute approximate surface area is 150 Å². The molecule has 0 bridgehead atoms. The lowest BCUT2D eigenvalue weighted by Crippen LogP contribution is -2.08. The fourth-order valence-corrected chi connectivity index (χ4v) is 2.45. The summed E-state index contributed by atoms with van der Waals surface area (Å²) < 4.78 is 16.6. The molecular formula is C18H18ClN3O3. The summed E-state index contributed by atoms with van der Waals surface area (Å²) >= 11 is 5.76. The average molecular weight is 360 g/mol. The first kappa shape index (κ1) is 17.4. The number of benzene rings is 1. The van der Waals surface area contributed by atoms with E-state index in [2.05, 4.69) is 15.1 Å². The van der Waals surface area contributed by atoms with E-state index in [0.717, 1.165) is 5.56 Å². The highest BCUT2D eigenvalue weighted by Gasteiger charge is 2.22. The second-order valence-electron chi connectivity index (χ2n) is 5.48. The molecule has 0 amide bonds. The Hall–Kier alpha value is -2.44. The maximum Gasteiger partial charge on any atom is 0.267 e. The molecule has 0 fully saturated rings. The molecule has 130 valence electrons. The first-order valence-electron chi connectivity index (χ1n) is 7.84. The van der Waals surface area contributed by atoms with Crippen LogP contribution >= 0.6 is 11.6 Å². The minimum absolute atomic E-state index is 0.288. The van der Waals surface area contributed by atoms with Crippen molar-refractivity contribution >= 4 is 11.6 Å². The summed E-state index contributed by atoms with van der Waals surface area (Å²) in [5, 5.41) is 4.44. The smallest absolute Gasteiger partial charge is 0.267 e. The van der Waals surface area contributed by atoms with E-state index in [4.69, 9.17) is 25.6 Å². The van der Waals surface area contributed by atoms with Gasteiger partial charge < -0.3 is 14.0 Å². The standard InChI is InChI=1S/C18H18ClN3O3/c1-12(24-14-8-9-16(19)20-11-14)18-21-17(22-25-18)15(23-2)10-13-6-4-3-5-7-13/h3-9,11-12,15H,10H2,1-2H3/t12-,15?/m0/s1. The third kappa shape index (κ3) is 4.55. The first-order valence-corrected chi connectivity index (χ1v) is 8.22. The Kier molecular flexibility index (Phi) is 5.63. The van der Waals surface area contributed by atoms with Crippen molar-refractivity contribution in [2.45, 2.75) is 25.6 Å². The maximum atomic E-state index is 5.76. The van der Waals surface area contributed by atoms with Crippen LogP contribution in [0.1, 0.15) is 36.4 Å². The van der Waals surface area contributed by atoms with Gasteiger partial charge in [0.1, 0.15) is 17.0 Å². The van der Waals surface area contributed by atoms with Crippen LogP contribution in [0.25, 0.3) is 0 Å². The molecule has 1 unspecified atom stereocenters. The van der Waals surface area contributed by atoms with E-state index in [-0.39, 0.29) is 6.10 Å². The van der Waals surface area contributed by atoms with E-state index in [1.54, 1.807) is 25.4 Å². The van der Waals surface area contributed by atoms with Crippen molar-refractivity contribution in [2.24, 2.45) is 0 Å². The topological polar surface area (TPSA) is 70.3 Å². The van der Waals surface area contributed by atoms with Crippen molar-refractivity contribution in [3.8, 4) is 5.75 Å². The van der Waals surface area contributed by atoms with Gasteiger partial charge in [0, 0.05) is 13.5 Å². The van der Waals surface area contributed by atoms with Gasteiger partial charge in [-0.2, -0.15) is 4.98 Å². The van der Waals surface area contributed by atoms with Crippen molar-refractivity contribution in [3.63, 3.8) is 0 Å². The number of pyridine rings is 1. The van der Waals surface area contributed by atoms with Crippen LogP contribution in [0.3, 0.4) is 0 Å². The van der Waals surface area contributed by atoms with Gasteiger partial charge in [-0.15, -0.1) is 0 Å². The van der Waals surface area contributed by atoms with E-state index in [1.807, 2.05) is 37.3 Å². The normalized spacial score (nSPS) is 13.4. The molecule has 3 aromatic rings. The van der Waals surface area contributed by atoms with E-state index >= 15 is 0 Å². The molecule has 0 radical (unpaired) electrons. The van der Waals surface area contributed by atoms with E-state index < -0.39 is 6.10 Å². The number of methoxy groups -OCH3 is 1. The molecule has 0 saturated carbocycles. The fourth-order valence-electron chi connectivity index (χ4n) is 2.34. The Morgan fingerprint density at radius 1 is 1.16 bits per heavy atom. The zero-order valence-electron chi connectivity index (χ0n) is 13.9. The summed E-state index contributed by atoms with van der Waals surface area (Å²) in [5.41, 5.74) is 1.14. The van der Waals surface area contributed by atoms with Crippen LogP contribution in [0.15, 0.2) is 53.2 Å². The molecule has 2 aromatic heterocycles. The van der Waals surface area contributed by atoms with Gasteiger partial charge in [-0.1, -0.05) is 47.1 Å². The molecule has 6 nitrogen and oxygen atoms in total. The van der Waals surface area contributed by atoms with Gasteiger partial charge in [0.05, 0.1) is 6.20 Å². The molecular weight excluding hydrogens is 342 g/mol.